The summed E-state index contributed by atoms with van der Waals surface area (Å²) in [6.07, 6.45) is 0. The van der Waals surface area contributed by atoms with Crippen molar-refractivity contribution in [1.29, 1.82) is 0 Å². The van der Waals surface area contributed by atoms with Gasteiger partial charge in [-0.3, -0.25) is 0 Å². The zero-order valence-corrected chi connectivity index (χ0v) is 3.63. The Morgan fingerprint density at radius 2 is 1.20 bits per heavy atom. The van der Waals surface area contributed by atoms with Crippen LogP contribution in [0.4, 0.5) is 9.95 Å². The van der Waals surface area contributed by atoms with Crippen molar-refractivity contribution >= 4 is 0 Å². The van der Waals surface area contributed by atoms with E-state index in [0.717, 1.165) is 0 Å². The summed E-state index contributed by atoms with van der Waals surface area (Å²) in [5, 5.41) is 0. The monoisotopic (exact) mass is 175 g/mol. The van der Waals surface area contributed by atoms with Crippen molar-refractivity contribution in [1.82, 2.24) is 0 Å². The van der Waals surface area contributed by atoms with Gasteiger partial charge in [0.25, 0.3) is 0 Å². The summed E-state index contributed by atoms with van der Waals surface area (Å²) in [5.74, 6) is 0. The standard InChI is InChI=1S/3FH.O.Ru/h3*1H;;/q;;;;+3/p-3. The molecular formula is F3ORu. The van der Waals surface area contributed by atoms with Gasteiger partial charge in [-0.05, 0) is 0 Å². The summed E-state index contributed by atoms with van der Waals surface area (Å²) in [6, 6.07) is 0. The summed E-state index contributed by atoms with van der Waals surface area (Å²) in [6.45, 7) is 0. The van der Waals surface area contributed by atoms with Gasteiger partial charge in [-0.15, -0.1) is 0 Å². The van der Waals surface area contributed by atoms with Gasteiger partial charge in [0.15, 0.2) is 0 Å². The van der Waals surface area contributed by atoms with Crippen LogP contribution in [0.5, 0.6) is 0 Å². The molecule has 0 N–H and O–H groups in total. The van der Waals surface area contributed by atoms with Gasteiger partial charge in [0.05, 0.1) is 0 Å². The topological polar surface area (TPSA) is 17.1 Å². The van der Waals surface area contributed by atoms with Crippen molar-refractivity contribution in [2.24, 2.45) is 0 Å². The molecule has 0 atom stereocenters. The zero-order chi connectivity index (χ0) is 4.50. The van der Waals surface area contributed by atoms with Gasteiger partial charge in [-0.25, -0.2) is 0 Å². The molecule has 0 spiro atoms. The number of rotatable bonds is 0. The van der Waals surface area contributed by atoms with Crippen LogP contribution in [-0.4, -0.2) is 0 Å². The average molecular weight is 174 g/mol. The van der Waals surface area contributed by atoms with Crippen LogP contribution in [0.2, 0.25) is 0 Å². The first-order valence-corrected chi connectivity index (χ1v) is 3.23. The molecule has 5 heteroatoms. The van der Waals surface area contributed by atoms with E-state index in [0.29, 0.717) is 0 Å². The summed E-state index contributed by atoms with van der Waals surface area (Å²) in [7, 11) is 0. The number of hydrogen-bond donors (Lipinski definition) is 0. The van der Waals surface area contributed by atoms with Crippen molar-refractivity contribution in [2.75, 3.05) is 0 Å². The first kappa shape index (κ1) is 5.21. The van der Waals surface area contributed by atoms with Crippen molar-refractivity contribution in [3.63, 3.8) is 0 Å². The molecule has 0 rings (SSSR count). The van der Waals surface area contributed by atoms with Gasteiger partial charge in [-0.1, -0.05) is 0 Å². The van der Waals surface area contributed by atoms with Crippen molar-refractivity contribution < 1.29 is 29.7 Å². The molecule has 0 fully saturated rings. The van der Waals surface area contributed by atoms with Crippen LogP contribution in [-0.2, 0) is 19.8 Å². The molecule has 0 aromatic heterocycles. The fourth-order valence-electron chi connectivity index (χ4n) is 0. The second kappa shape index (κ2) is 1.13. The van der Waals surface area contributed by atoms with E-state index in [2.05, 4.69) is 0 Å². The SMILES string of the molecule is [O]=[Ru]([F])([F])[F]. The van der Waals surface area contributed by atoms with Crippen LogP contribution < -0.4 is 0 Å². The molecule has 1 nitrogen and oxygen atoms in total. The molecule has 0 heterocycles. The third kappa shape index (κ3) is 453. The number of halogens is 3. The predicted octanol–water partition coefficient (Wildman–Crippen LogP) is 1.14. The molecule has 35 valence electrons. The van der Waals surface area contributed by atoms with Gasteiger partial charge >= 0.3 is 29.7 Å². The first-order chi connectivity index (χ1) is 2.00. The number of hydrogen-bond acceptors (Lipinski definition) is 1. The Balaban J connectivity index is 3.47. The van der Waals surface area contributed by atoms with Crippen LogP contribution in [0.25, 0.3) is 0 Å². The molecule has 5 heavy (non-hydrogen) atoms. The Kier molecular flexibility index (Phi) is 1.18. The predicted molar refractivity (Wildman–Crippen MR) is 4.01 cm³/mol. The first-order valence-electron chi connectivity index (χ1n) is 0.545. The Labute approximate surface area is 30.6 Å². The third-order valence-corrected chi connectivity index (χ3v) is 0. The van der Waals surface area contributed by atoms with Gasteiger partial charge in [0.1, 0.15) is 0 Å². The maximum absolute atomic E-state index is 9.97. The van der Waals surface area contributed by atoms with Gasteiger partial charge in [-0.2, -0.15) is 0 Å². The van der Waals surface area contributed by atoms with Crippen LogP contribution in [0, 0.1) is 0 Å². The van der Waals surface area contributed by atoms with Crippen molar-refractivity contribution in [3.8, 4) is 0 Å². The van der Waals surface area contributed by atoms with E-state index in [4.69, 9.17) is 3.57 Å². The Morgan fingerprint density at radius 1 is 1.20 bits per heavy atom. The van der Waals surface area contributed by atoms with E-state index in [1.165, 1.54) is 0 Å². The van der Waals surface area contributed by atoms with E-state index < -0.39 is 16.2 Å². The normalized spacial score (nSPS) is 15.0. The molecule has 0 saturated heterocycles. The van der Waals surface area contributed by atoms with E-state index in [-0.39, 0.29) is 0 Å². The van der Waals surface area contributed by atoms with Gasteiger partial charge in [0.2, 0.25) is 0 Å². The van der Waals surface area contributed by atoms with E-state index >= 15 is 0 Å². The molecule has 0 aromatic rings. The maximum atomic E-state index is 9.97. The second-order valence-corrected chi connectivity index (χ2v) is 1.86. The van der Waals surface area contributed by atoms with Crippen LogP contribution >= 0.6 is 0 Å². The molecule has 0 unspecified atom stereocenters. The molecule has 0 aromatic carbocycles. The molecule has 0 saturated carbocycles. The Hall–Kier alpha value is 0.213. The molecule has 0 aliphatic carbocycles. The van der Waals surface area contributed by atoms with Crippen molar-refractivity contribution in [2.45, 2.75) is 0 Å². The van der Waals surface area contributed by atoms with E-state index in [1.54, 1.807) is 0 Å². The minimum absolute atomic E-state index is 6.61. The van der Waals surface area contributed by atoms with E-state index in [1.807, 2.05) is 0 Å². The summed E-state index contributed by atoms with van der Waals surface area (Å²) in [4.78, 5) is 0. The van der Waals surface area contributed by atoms with Crippen LogP contribution in [0.15, 0.2) is 0 Å². The van der Waals surface area contributed by atoms with Gasteiger partial charge in [0, 0.05) is 0 Å². The van der Waals surface area contributed by atoms with E-state index in [9.17, 15) is 9.95 Å². The van der Waals surface area contributed by atoms with Crippen LogP contribution in [0.1, 0.15) is 0 Å². The summed E-state index contributed by atoms with van der Waals surface area (Å²) in [5.41, 5.74) is 0. The fraction of sp³-hybridized carbons (Fsp3) is 0. The van der Waals surface area contributed by atoms with Crippen LogP contribution in [0.3, 0.4) is 0 Å². The molecule has 0 amide bonds. The second-order valence-electron chi connectivity index (χ2n) is 0.315. The summed E-state index contributed by atoms with van der Waals surface area (Å²) < 4.78 is 38.2. The minimum atomic E-state index is -6.61. The Morgan fingerprint density at radius 3 is 1.20 bits per heavy atom. The fourth-order valence-corrected chi connectivity index (χ4v) is 0. The third-order valence-electron chi connectivity index (χ3n) is 0. The molecular weight excluding hydrogens is 174 g/mol. The quantitative estimate of drug-likeness (QED) is 0.503. The summed E-state index contributed by atoms with van der Waals surface area (Å²) >= 11 is -6.61. The molecule has 0 aliphatic heterocycles. The van der Waals surface area contributed by atoms with Gasteiger partial charge < -0.3 is 0 Å². The molecule has 0 radical (unpaired) electrons. The Bertz CT molecular complexity index is 53.0. The average Bonchev–Trinajstić information content (AvgIpc) is 0.722. The molecule has 0 aliphatic rings. The molecule has 0 bridgehead atoms. The van der Waals surface area contributed by atoms with Crippen molar-refractivity contribution in [3.05, 3.63) is 0 Å². The zero-order valence-electron chi connectivity index (χ0n) is 1.90.